The molecule has 0 saturated carbocycles. The number of ether oxygens (including phenoxy) is 1. The molecule has 2 rings (SSSR count). The number of anilines is 1. The fourth-order valence-electron chi connectivity index (χ4n) is 1.89. The summed E-state index contributed by atoms with van der Waals surface area (Å²) in [7, 11) is 0. The summed E-state index contributed by atoms with van der Waals surface area (Å²) in [6.45, 7) is 3.08. The lowest BCUT2D eigenvalue weighted by atomic mass is 9.90. The highest BCUT2D eigenvalue weighted by atomic mass is 16.5. The van der Waals surface area contributed by atoms with E-state index in [-0.39, 0.29) is 5.91 Å². The number of carbonyl (C=O) groups excluding carboxylic acids is 1. The molecule has 0 radical (unpaired) electrons. The van der Waals surface area contributed by atoms with E-state index in [9.17, 15) is 4.79 Å². The van der Waals surface area contributed by atoms with Gasteiger partial charge in [-0.2, -0.15) is 5.10 Å². The molecule has 0 spiro atoms. The summed E-state index contributed by atoms with van der Waals surface area (Å²) in [5.41, 5.74) is 6.24. The van der Waals surface area contributed by atoms with Crippen molar-refractivity contribution < 1.29 is 9.53 Å². The van der Waals surface area contributed by atoms with Crippen LogP contribution in [0.2, 0.25) is 0 Å². The summed E-state index contributed by atoms with van der Waals surface area (Å²) >= 11 is 0. The summed E-state index contributed by atoms with van der Waals surface area (Å²) in [5.74, 6) is 0.480. The topological polar surface area (TPSA) is 93.0 Å². The van der Waals surface area contributed by atoms with Crippen LogP contribution < -0.4 is 11.1 Å². The normalized spacial score (nSPS) is 18.9. The molecule has 2 heterocycles. The number of amides is 1. The fourth-order valence-corrected chi connectivity index (χ4v) is 1.89. The Balaban J connectivity index is 2.05. The zero-order valence-corrected chi connectivity index (χ0v) is 9.95. The third-order valence-corrected chi connectivity index (χ3v) is 3.17. The molecule has 6 heteroatoms. The van der Waals surface area contributed by atoms with Gasteiger partial charge in [0.25, 0.3) is 0 Å². The first kappa shape index (κ1) is 12.1. The van der Waals surface area contributed by atoms with Crippen molar-refractivity contribution in [1.82, 2.24) is 10.2 Å². The van der Waals surface area contributed by atoms with Crippen LogP contribution >= 0.6 is 0 Å². The van der Waals surface area contributed by atoms with Crippen LogP contribution in [-0.2, 0) is 16.0 Å². The van der Waals surface area contributed by atoms with Crippen molar-refractivity contribution in [2.45, 2.75) is 31.7 Å². The maximum atomic E-state index is 12.1. The molecule has 1 fully saturated rings. The van der Waals surface area contributed by atoms with E-state index in [4.69, 9.17) is 10.5 Å². The van der Waals surface area contributed by atoms with Crippen LogP contribution in [0.3, 0.4) is 0 Å². The molecule has 94 valence electrons. The third-order valence-electron chi connectivity index (χ3n) is 3.17. The first-order valence-electron chi connectivity index (χ1n) is 5.86. The van der Waals surface area contributed by atoms with Crippen LogP contribution in [0.4, 0.5) is 5.82 Å². The summed E-state index contributed by atoms with van der Waals surface area (Å²) in [6, 6.07) is 0. The van der Waals surface area contributed by atoms with E-state index in [1.54, 1.807) is 6.20 Å². The predicted molar refractivity (Wildman–Crippen MR) is 63.6 cm³/mol. The van der Waals surface area contributed by atoms with E-state index in [0.717, 1.165) is 12.0 Å². The number of rotatable bonds is 3. The van der Waals surface area contributed by atoms with Crippen molar-refractivity contribution in [3.05, 3.63) is 11.8 Å². The minimum absolute atomic E-state index is 0.167. The average Bonchev–Trinajstić information content (AvgIpc) is 2.77. The van der Waals surface area contributed by atoms with Crippen LogP contribution in [0.1, 0.15) is 25.3 Å². The Morgan fingerprint density at radius 3 is 3.00 bits per heavy atom. The molecule has 0 atom stereocenters. The summed E-state index contributed by atoms with van der Waals surface area (Å²) in [6.07, 6.45) is 3.62. The first-order valence-corrected chi connectivity index (χ1v) is 5.86. The number of nitrogens with two attached hydrogens (primary N) is 1. The lowest BCUT2D eigenvalue weighted by Gasteiger charge is -2.31. The van der Waals surface area contributed by atoms with Crippen LogP contribution in [-0.4, -0.2) is 34.9 Å². The summed E-state index contributed by atoms with van der Waals surface area (Å²) < 4.78 is 5.22. The molecule has 6 nitrogen and oxygen atoms in total. The molecule has 0 aromatic carbocycles. The molecule has 1 aromatic heterocycles. The summed E-state index contributed by atoms with van der Waals surface area (Å²) in [5, 5.41) is 9.50. The van der Waals surface area contributed by atoms with Gasteiger partial charge < -0.3 is 15.8 Å². The molecule has 1 aliphatic heterocycles. The van der Waals surface area contributed by atoms with Gasteiger partial charge in [0.2, 0.25) is 5.91 Å². The standard InChI is InChI=1S/C11H18N4O2/c1-2-8-7-13-15-9(8)14-10(16)11(12)3-5-17-6-4-11/h7H,2-6,12H2,1H3,(H2,13,14,15,16). The minimum Gasteiger partial charge on any atom is -0.381 e. The number of aromatic nitrogens is 2. The van der Waals surface area contributed by atoms with Gasteiger partial charge in [0.1, 0.15) is 11.4 Å². The Bertz CT molecular complexity index is 396. The van der Waals surface area contributed by atoms with Crippen molar-refractivity contribution in [1.29, 1.82) is 0 Å². The third kappa shape index (κ3) is 2.48. The predicted octanol–water partition coefficient (Wildman–Crippen LogP) is 0.418. The maximum Gasteiger partial charge on any atom is 0.245 e. The zero-order valence-electron chi connectivity index (χ0n) is 9.95. The molecule has 0 aliphatic carbocycles. The number of H-pyrrole nitrogens is 1. The van der Waals surface area contributed by atoms with Crippen molar-refractivity contribution in [2.75, 3.05) is 18.5 Å². The lowest BCUT2D eigenvalue weighted by molar-refractivity contribution is -0.124. The van der Waals surface area contributed by atoms with Gasteiger partial charge in [-0.1, -0.05) is 6.92 Å². The zero-order chi connectivity index (χ0) is 12.3. The minimum atomic E-state index is -0.825. The Kier molecular flexibility index (Phi) is 3.44. The quantitative estimate of drug-likeness (QED) is 0.711. The first-order chi connectivity index (χ1) is 8.15. The number of carbonyl (C=O) groups is 1. The number of nitrogens with one attached hydrogen (secondary N) is 2. The lowest BCUT2D eigenvalue weighted by Crippen LogP contribution is -2.54. The Hall–Kier alpha value is -1.40. The smallest absolute Gasteiger partial charge is 0.245 e. The van der Waals surface area contributed by atoms with Crippen molar-refractivity contribution in [3.63, 3.8) is 0 Å². The van der Waals surface area contributed by atoms with Crippen LogP contribution in [0.5, 0.6) is 0 Å². The molecular formula is C11H18N4O2. The maximum absolute atomic E-state index is 12.1. The van der Waals surface area contributed by atoms with Gasteiger partial charge in [-0.05, 0) is 19.3 Å². The molecule has 17 heavy (non-hydrogen) atoms. The highest BCUT2D eigenvalue weighted by molar-refractivity contribution is 5.97. The van der Waals surface area contributed by atoms with E-state index in [2.05, 4.69) is 15.5 Å². The molecule has 1 amide bonds. The molecule has 1 aromatic rings. The number of hydrogen-bond donors (Lipinski definition) is 3. The van der Waals surface area contributed by atoms with Crippen molar-refractivity contribution in [3.8, 4) is 0 Å². The van der Waals surface area contributed by atoms with E-state index >= 15 is 0 Å². The number of aryl methyl sites for hydroxylation is 1. The Morgan fingerprint density at radius 2 is 2.35 bits per heavy atom. The van der Waals surface area contributed by atoms with Gasteiger partial charge in [0.15, 0.2) is 0 Å². The van der Waals surface area contributed by atoms with E-state index in [1.807, 2.05) is 6.92 Å². The molecule has 0 bridgehead atoms. The van der Waals surface area contributed by atoms with E-state index in [0.29, 0.717) is 31.9 Å². The van der Waals surface area contributed by atoms with Crippen LogP contribution in [0.15, 0.2) is 6.20 Å². The van der Waals surface area contributed by atoms with Gasteiger partial charge in [-0.25, -0.2) is 0 Å². The number of hydrogen-bond acceptors (Lipinski definition) is 4. The summed E-state index contributed by atoms with van der Waals surface area (Å²) in [4.78, 5) is 12.1. The number of nitrogens with zero attached hydrogens (tertiary/aromatic N) is 1. The largest absolute Gasteiger partial charge is 0.381 e. The Morgan fingerprint density at radius 1 is 1.65 bits per heavy atom. The SMILES string of the molecule is CCc1cn[nH]c1NC(=O)C1(N)CCOCC1. The van der Waals surface area contributed by atoms with Gasteiger partial charge in [0.05, 0.1) is 6.20 Å². The number of aromatic amines is 1. The van der Waals surface area contributed by atoms with E-state index in [1.165, 1.54) is 0 Å². The van der Waals surface area contributed by atoms with Crippen LogP contribution in [0, 0.1) is 0 Å². The van der Waals surface area contributed by atoms with Gasteiger partial charge in [-0.3, -0.25) is 9.89 Å². The highest BCUT2D eigenvalue weighted by Gasteiger charge is 2.36. The molecule has 1 saturated heterocycles. The van der Waals surface area contributed by atoms with Crippen molar-refractivity contribution in [2.24, 2.45) is 5.73 Å². The molecule has 0 unspecified atom stereocenters. The van der Waals surface area contributed by atoms with Crippen molar-refractivity contribution >= 4 is 11.7 Å². The molecule has 4 N–H and O–H groups in total. The average molecular weight is 238 g/mol. The van der Waals surface area contributed by atoms with Gasteiger partial charge >= 0.3 is 0 Å². The second-order valence-corrected chi connectivity index (χ2v) is 4.35. The van der Waals surface area contributed by atoms with Crippen LogP contribution in [0.25, 0.3) is 0 Å². The van der Waals surface area contributed by atoms with Gasteiger partial charge in [0, 0.05) is 18.8 Å². The highest BCUT2D eigenvalue weighted by Crippen LogP contribution is 2.20. The molecule has 1 aliphatic rings. The van der Waals surface area contributed by atoms with E-state index < -0.39 is 5.54 Å². The van der Waals surface area contributed by atoms with Gasteiger partial charge in [-0.15, -0.1) is 0 Å². The molecular weight excluding hydrogens is 220 g/mol. The monoisotopic (exact) mass is 238 g/mol. The Labute approximate surface area is 99.9 Å². The second kappa shape index (κ2) is 4.85. The second-order valence-electron chi connectivity index (χ2n) is 4.35. The fraction of sp³-hybridized carbons (Fsp3) is 0.636.